The van der Waals surface area contributed by atoms with Crippen LogP contribution in [0.15, 0.2) is 18.2 Å². The number of nitrogens with one attached hydrogen (secondary N) is 1. The summed E-state index contributed by atoms with van der Waals surface area (Å²) in [5, 5.41) is 11.7. The van der Waals surface area contributed by atoms with Crippen molar-refractivity contribution >= 4 is 23.2 Å². The van der Waals surface area contributed by atoms with Crippen molar-refractivity contribution in [3.8, 4) is 6.07 Å². The molecule has 24 heavy (non-hydrogen) atoms. The predicted molar refractivity (Wildman–Crippen MR) is 84.6 cm³/mol. The maximum atomic E-state index is 12.8. The van der Waals surface area contributed by atoms with Crippen LogP contribution in [0, 0.1) is 17.2 Å². The minimum Gasteiger partial charge on any atom is -0.326 e. The van der Waals surface area contributed by atoms with E-state index in [0.717, 1.165) is 0 Å². The van der Waals surface area contributed by atoms with Crippen molar-refractivity contribution < 1.29 is 18.0 Å². The van der Waals surface area contributed by atoms with Gasteiger partial charge in [-0.15, -0.1) is 0 Å². The van der Waals surface area contributed by atoms with Crippen LogP contribution in [0.1, 0.15) is 24.8 Å². The first-order chi connectivity index (χ1) is 11.3. The highest BCUT2D eigenvalue weighted by atomic mass is 35.5. The molecule has 1 aliphatic rings. The van der Waals surface area contributed by atoms with Gasteiger partial charge >= 0.3 is 6.18 Å². The predicted octanol–water partition coefficient (Wildman–Crippen LogP) is 3.81. The zero-order valence-electron chi connectivity index (χ0n) is 12.9. The molecule has 1 aromatic carbocycles. The Labute approximate surface area is 143 Å². The van der Waals surface area contributed by atoms with Gasteiger partial charge in [-0.05, 0) is 37.6 Å². The summed E-state index contributed by atoms with van der Waals surface area (Å²) in [6.45, 7) is 0.796. The minimum atomic E-state index is -4.18. The van der Waals surface area contributed by atoms with E-state index in [0.29, 0.717) is 24.2 Å². The van der Waals surface area contributed by atoms with Gasteiger partial charge in [-0.1, -0.05) is 11.6 Å². The number of likely N-dealkylation sites (tertiary alicyclic amines) is 1. The topological polar surface area (TPSA) is 56.1 Å². The molecule has 1 atom stereocenters. The Hall–Kier alpha value is -1.78. The van der Waals surface area contributed by atoms with Gasteiger partial charge in [0.1, 0.15) is 6.07 Å². The molecule has 1 heterocycles. The number of rotatable bonds is 4. The number of hydrogen-bond donors (Lipinski definition) is 1. The summed E-state index contributed by atoms with van der Waals surface area (Å²) < 4.78 is 38.3. The second-order valence-electron chi connectivity index (χ2n) is 5.79. The summed E-state index contributed by atoms with van der Waals surface area (Å²) in [6.07, 6.45) is -3.45. The lowest BCUT2D eigenvalue weighted by Crippen LogP contribution is -2.42. The monoisotopic (exact) mass is 359 g/mol. The fourth-order valence-electron chi connectivity index (χ4n) is 2.69. The van der Waals surface area contributed by atoms with Gasteiger partial charge in [0.05, 0.1) is 16.5 Å². The van der Waals surface area contributed by atoms with E-state index in [4.69, 9.17) is 16.9 Å². The number of benzene rings is 1. The number of nitriles is 1. The van der Waals surface area contributed by atoms with Crippen LogP contribution >= 0.6 is 11.6 Å². The number of carbonyl (C=O) groups is 1. The minimum absolute atomic E-state index is 0.0561. The van der Waals surface area contributed by atoms with Crippen LogP contribution < -0.4 is 5.32 Å². The summed E-state index contributed by atoms with van der Waals surface area (Å²) in [4.78, 5) is 13.6. The molecule has 1 saturated heterocycles. The standard InChI is InChI=1S/C16H17ClF3N3O/c17-14-8-13(4-3-11(14)9-21)22-15(24)5-7-23-6-1-2-12(10-23)16(18,19)20/h3-4,8,12H,1-2,5-7,10H2,(H,22,24). The van der Waals surface area contributed by atoms with Gasteiger partial charge in [0.2, 0.25) is 5.91 Å². The Bertz CT molecular complexity index is 642. The molecule has 130 valence electrons. The highest BCUT2D eigenvalue weighted by Gasteiger charge is 2.41. The molecule has 2 rings (SSSR count). The van der Waals surface area contributed by atoms with Crippen LogP contribution in [0.25, 0.3) is 0 Å². The van der Waals surface area contributed by atoms with Crippen LogP contribution in [-0.2, 0) is 4.79 Å². The van der Waals surface area contributed by atoms with Crippen molar-refractivity contribution in [3.05, 3.63) is 28.8 Å². The zero-order valence-corrected chi connectivity index (χ0v) is 13.6. The highest BCUT2D eigenvalue weighted by Crippen LogP contribution is 2.33. The third-order valence-corrected chi connectivity index (χ3v) is 4.31. The van der Waals surface area contributed by atoms with Gasteiger partial charge < -0.3 is 10.2 Å². The Morgan fingerprint density at radius 3 is 2.83 bits per heavy atom. The lowest BCUT2D eigenvalue weighted by molar-refractivity contribution is -0.186. The number of hydrogen-bond acceptors (Lipinski definition) is 3. The molecule has 4 nitrogen and oxygen atoms in total. The van der Waals surface area contributed by atoms with Crippen molar-refractivity contribution in [1.29, 1.82) is 5.26 Å². The molecule has 0 bridgehead atoms. The molecule has 0 aromatic heterocycles. The number of alkyl halides is 3. The Kier molecular flexibility index (Phi) is 6.08. The van der Waals surface area contributed by atoms with Crippen LogP contribution in [0.5, 0.6) is 0 Å². The van der Waals surface area contributed by atoms with E-state index in [1.807, 2.05) is 6.07 Å². The fraction of sp³-hybridized carbons (Fsp3) is 0.500. The van der Waals surface area contributed by atoms with Crippen molar-refractivity contribution in [3.63, 3.8) is 0 Å². The van der Waals surface area contributed by atoms with Crippen molar-refractivity contribution in [1.82, 2.24) is 4.90 Å². The molecular formula is C16H17ClF3N3O. The highest BCUT2D eigenvalue weighted by molar-refractivity contribution is 6.32. The molecule has 1 fully saturated rings. The molecular weight excluding hydrogens is 343 g/mol. The van der Waals surface area contributed by atoms with Crippen LogP contribution in [-0.4, -0.2) is 36.6 Å². The van der Waals surface area contributed by atoms with Crippen molar-refractivity contribution in [2.24, 2.45) is 5.92 Å². The van der Waals surface area contributed by atoms with Gasteiger partial charge in [-0.2, -0.15) is 18.4 Å². The van der Waals surface area contributed by atoms with E-state index >= 15 is 0 Å². The first-order valence-corrected chi connectivity index (χ1v) is 7.96. The molecule has 0 aliphatic carbocycles. The quantitative estimate of drug-likeness (QED) is 0.889. The van der Waals surface area contributed by atoms with Crippen molar-refractivity contribution in [2.45, 2.75) is 25.4 Å². The van der Waals surface area contributed by atoms with Crippen LogP contribution in [0.2, 0.25) is 5.02 Å². The number of carbonyl (C=O) groups excluding carboxylic acids is 1. The number of nitrogens with zero attached hydrogens (tertiary/aromatic N) is 2. The van der Waals surface area contributed by atoms with Gasteiger partial charge in [-0.3, -0.25) is 4.79 Å². The number of piperidine rings is 1. The van der Waals surface area contributed by atoms with Gasteiger partial charge in [-0.25, -0.2) is 0 Å². The van der Waals surface area contributed by atoms with E-state index in [2.05, 4.69) is 5.32 Å². The van der Waals surface area contributed by atoms with Crippen LogP contribution in [0.4, 0.5) is 18.9 Å². The zero-order chi connectivity index (χ0) is 17.7. The summed E-state index contributed by atoms with van der Waals surface area (Å²) in [7, 11) is 0. The summed E-state index contributed by atoms with van der Waals surface area (Å²) in [6, 6.07) is 6.44. The summed E-state index contributed by atoms with van der Waals surface area (Å²) >= 11 is 5.88. The van der Waals surface area contributed by atoms with Crippen LogP contribution in [0.3, 0.4) is 0 Å². The molecule has 1 unspecified atom stereocenters. The number of halogens is 4. The summed E-state index contributed by atoms with van der Waals surface area (Å²) in [5.41, 5.74) is 0.761. The normalized spacial score (nSPS) is 18.9. The Balaban J connectivity index is 1.83. The smallest absolute Gasteiger partial charge is 0.326 e. The molecule has 0 radical (unpaired) electrons. The second kappa shape index (κ2) is 7.86. The number of amides is 1. The second-order valence-corrected chi connectivity index (χ2v) is 6.19. The average molecular weight is 360 g/mol. The first-order valence-electron chi connectivity index (χ1n) is 7.58. The van der Waals surface area contributed by atoms with E-state index < -0.39 is 12.1 Å². The maximum absolute atomic E-state index is 12.8. The van der Waals surface area contributed by atoms with Crippen molar-refractivity contribution in [2.75, 3.05) is 25.0 Å². The van der Waals surface area contributed by atoms with Gasteiger partial charge in [0, 0.05) is 25.2 Å². The Morgan fingerprint density at radius 1 is 1.46 bits per heavy atom. The largest absolute Gasteiger partial charge is 0.393 e. The molecule has 1 aliphatic heterocycles. The summed E-state index contributed by atoms with van der Waals surface area (Å²) in [5.74, 6) is -1.61. The average Bonchev–Trinajstić information content (AvgIpc) is 2.53. The fourth-order valence-corrected chi connectivity index (χ4v) is 2.92. The molecule has 0 saturated carbocycles. The van der Waals surface area contributed by atoms with E-state index in [9.17, 15) is 18.0 Å². The van der Waals surface area contributed by atoms with E-state index in [-0.39, 0.29) is 36.9 Å². The molecule has 1 amide bonds. The molecule has 1 N–H and O–H groups in total. The SMILES string of the molecule is N#Cc1ccc(NC(=O)CCN2CCCC(C(F)(F)F)C2)cc1Cl. The molecule has 8 heteroatoms. The van der Waals surface area contributed by atoms with Gasteiger partial charge in [0.15, 0.2) is 0 Å². The molecule has 0 spiro atoms. The third-order valence-electron chi connectivity index (χ3n) is 4.00. The van der Waals surface area contributed by atoms with Gasteiger partial charge in [0.25, 0.3) is 0 Å². The number of anilines is 1. The van der Waals surface area contributed by atoms with E-state index in [1.165, 1.54) is 12.1 Å². The third kappa shape index (κ3) is 5.11. The molecule has 1 aromatic rings. The Morgan fingerprint density at radius 2 is 2.21 bits per heavy atom. The first kappa shape index (κ1) is 18.6. The lowest BCUT2D eigenvalue weighted by Gasteiger charge is -2.33. The van der Waals surface area contributed by atoms with E-state index in [1.54, 1.807) is 11.0 Å². The lowest BCUT2D eigenvalue weighted by atomic mass is 9.97. The maximum Gasteiger partial charge on any atom is 0.393 e.